The summed E-state index contributed by atoms with van der Waals surface area (Å²) in [6.07, 6.45) is 14.7. The summed E-state index contributed by atoms with van der Waals surface area (Å²) in [6, 6.07) is -2.53. The smallest absolute Gasteiger partial charge is 0.326 e. The Labute approximate surface area is 253 Å². The third kappa shape index (κ3) is 6.17. The Kier molecular flexibility index (Phi) is 9.31. The van der Waals surface area contributed by atoms with Crippen LogP contribution < -0.4 is 16.4 Å². The number of fused-ring (bicyclic) bond motifs is 5. The summed E-state index contributed by atoms with van der Waals surface area (Å²) in [6.45, 7) is 7.54. The van der Waals surface area contributed by atoms with Crippen molar-refractivity contribution >= 4 is 29.4 Å². The largest absolute Gasteiger partial charge is 0.480 e. The van der Waals surface area contributed by atoms with Crippen molar-refractivity contribution in [3.8, 4) is 12.3 Å². The lowest BCUT2D eigenvalue weighted by Crippen LogP contribution is -2.54. The number of rotatable bonds is 10. The lowest BCUT2D eigenvalue weighted by atomic mass is 9.46. The summed E-state index contributed by atoms with van der Waals surface area (Å²) in [5, 5.41) is 29.6. The van der Waals surface area contributed by atoms with Crippen LogP contribution >= 0.6 is 0 Å². The molecule has 0 aliphatic heterocycles. The van der Waals surface area contributed by atoms with E-state index in [0.717, 1.165) is 44.2 Å². The molecule has 0 saturated heterocycles. The van der Waals surface area contributed by atoms with Crippen LogP contribution in [0.5, 0.6) is 0 Å². The van der Waals surface area contributed by atoms with Crippen molar-refractivity contribution in [1.82, 2.24) is 10.6 Å². The Morgan fingerprint density at radius 2 is 1.81 bits per heavy atom. The Morgan fingerprint density at radius 3 is 2.44 bits per heavy atom. The van der Waals surface area contributed by atoms with Crippen molar-refractivity contribution in [1.29, 1.82) is 0 Å². The molecule has 0 aromatic carbocycles. The SMILES string of the molecule is C#C[C@@]1(O)CC[C@@H]2[C@@H]3CCC4=C/C(=N/OCC(=O)N[C@@H](C(=O)N[C@@H](CC(N)=O)C(=O)O)C(C)C)CC[C@]4(C)[C@@H]3CC[C@@]21C. The predicted octanol–water partition coefficient (Wildman–Crippen LogP) is 2.27. The zero-order valence-electron chi connectivity index (χ0n) is 25.7. The molecular weight excluding hydrogens is 552 g/mol. The van der Waals surface area contributed by atoms with Gasteiger partial charge in [0.25, 0.3) is 5.91 Å². The van der Waals surface area contributed by atoms with E-state index in [1.807, 2.05) is 0 Å². The minimum atomic E-state index is -1.49. The maximum atomic E-state index is 12.7. The van der Waals surface area contributed by atoms with Crippen molar-refractivity contribution < 1.29 is 34.2 Å². The number of carboxylic acids is 1. The second kappa shape index (κ2) is 12.3. The molecule has 4 aliphatic carbocycles. The number of terminal acetylenes is 1. The number of carbonyl (C=O) groups is 4. The second-order valence-electron chi connectivity index (χ2n) is 13.7. The van der Waals surface area contributed by atoms with Crippen LogP contribution in [0.25, 0.3) is 0 Å². The molecule has 0 radical (unpaired) electrons. The first-order valence-corrected chi connectivity index (χ1v) is 15.4. The Morgan fingerprint density at radius 1 is 1.12 bits per heavy atom. The van der Waals surface area contributed by atoms with Crippen LogP contribution in [0.2, 0.25) is 0 Å². The monoisotopic (exact) mass is 598 g/mol. The molecule has 3 saturated carbocycles. The molecule has 3 amide bonds. The Balaban J connectivity index is 1.35. The van der Waals surface area contributed by atoms with Crippen LogP contribution in [-0.4, -0.2) is 63.9 Å². The van der Waals surface area contributed by atoms with E-state index in [0.29, 0.717) is 30.6 Å². The van der Waals surface area contributed by atoms with Gasteiger partial charge < -0.3 is 31.4 Å². The number of amides is 3. The molecule has 8 atom stereocenters. The van der Waals surface area contributed by atoms with Gasteiger partial charge in [-0.1, -0.05) is 44.3 Å². The molecule has 0 bridgehead atoms. The molecule has 11 heteroatoms. The van der Waals surface area contributed by atoms with Crippen molar-refractivity contribution in [3.05, 3.63) is 11.6 Å². The van der Waals surface area contributed by atoms with Gasteiger partial charge in [0.05, 0.1) is 12.1 Å². The van der Waals surface area contributed by atoms with Crippen molar-refractivity contribution in [2.24, 2.45) is 45.4 Å². The lowest BCUT2D eigenvalue weighted by Gasteiger charge is -2.58. The molecule has 4 rings (SSSR count). The van der Waals surface area contributed by atoms with E-state index >= 15 is 0 Å². The maximum absolute atomic E-state index is 12.7. The number of nitrogens with zero attached hydrogens (tertiary/aromatic N) is 1. The molecule has 11 nitrogen and oxygen atoms in total. The highest BCUT2D eigenvalue weighted by atomic mass is 16.6. The first-order valence-electron chi connectivity index (χ1n) is 15.4. The van der Waals surface area contributed by atoms with Gasteiger partial charge in [0.15, 0.2) is 6.61 Å². The second-order valence-corrected chi connectivity index (χ2v) is 13.7. The lowest BCUT2D eigenvalue weighted by molar-refractivity contribution is -0.144. The fourth-order valence-corrected chi connectivity index (χ4v) is 8.48. The van der Waals surface area contributed by atoms with Crippen molar-refractivity contribution in [3.63, 3.8) is 0 Å². The standard InChI is InChI=1S/C32H46N4O7/c1-6-32(42)14-11-23-21-8-7-19-15-20(9-12-30(19,4)22(21)10-13-31(23,32)5)36-43-17-26(38)35-27(18(2)3)28(39)34-24(29(40)41)16-25(33)37/h1,15,18,21-24,27,42H,7-14,16-17H2,2-5H3,(H2,33,37)(H,34,39)(H,35,38)(H,40,41)/b36-20+/t21-,22-,23-,24+,27-,30+,31+,32-/m1/s1. The van der Waals surface area contributed by atoms with E-state index in [2.05, 4.69) is 41.6 Å². The van der Waals surface area contributed by atoms with Gasteiger partial charge in [0.2, 0.25) is 11.8 Å². The van der Waals surface area contributed by atoms with Gasteiger partial charge in [0.1, 0.15) is 17.7 Å². The quantitative estimate of drug-likeness (QED) is 0.189. The minimum absolute atomic E-state index is 0.0532. The molecule has 4 aliphatic rings. The van der Waals surface area contributed by atoms with Crippen molar-refractivity contribution in [2.45, 2.75) is 103 Å². The molecule has 0 aromatic rings. The number of primary amides is 1. The highest BCUT2D eigenvalue weighted by Crippen LogP contribution is 2.67. The fourth-order valence-electron chi connectivity index (χ4n) is 8.48. The molecule has 3 fully saturated rings. The zero-order chi connectivity index (χ0) is 31.7. The molecule has 236 valence electrons. The summed E-state index contributed by atoms with van der Waals surface area (Å²) in [5.41, 5.74) is 6.03. The summed E-state index contributed by atoms with van der Waals surface area (Å²) < 4.78 is 0. The average molecular weight is 599 g/mol. The summed E-state index contributed by atoms with van der Waals surface area (Å²) in [4.78, 5) is 53.2. The van der Waals surface area contributed by atoms with Crippen LogP contribution in [-0.2, 0) is 24.0 Å². The minimum Gasteiger partial charge on any atom is -0.480 e. The average Bonchev–Trinajstić information content (AvgIpc) is 3.21. The number of nitrogens with two attached hydrogens (primary N) is 1. The van der Waals surface area contributed by atoms with Crippen LogP contribution in [0.3, 0.4) is 0 Å². The Bertz CT molecular complexity index is 1250. The molecule has 0 heterocycles. The molecule has 43 heavy (non-hydrogen) atoms. The number of aliphatic carboxylic acids is 1. The van der Waals surface area contributed by atoms with Gasteiger partial charge in [-0.15, -0.1) is 6.42 Å². The fraction of sp³-hybridized carbons (Fsp3) is 0.719. The van der Waals surface area contributed by atoms with Crippen molar-refractivity contribution in [2.75, 3.05) is 6.61 Å². The van der Waals surface area contributed by atoms with Crippen LogP contribution in [0.4, 0.5) is 0 Å². The highest BCUT2D eigenvalue weighted by Gasteiger charge is 2.63. The number of oxime groups is 1. The number of carbonyl (C=O) groups excluding carboxylic acids is 3. The zero-order valence-corrected chi connectivity index (χ0v) is 25.7. The number of aliphatic hydroxyl groups is 1. The summed E-state index contributed by atoms with van der Waals surface area (Å²) in [5.74, 6) is 0.285. The summed E-state index contributed by atoms with van der Waals surface area (Å²) in [7, 11) is 0. The van der Waals surface area contributed by atoms with Crippen LogP contribution in [0.15, 0.2) is 16.8 Å². The van der Waals surface area contributed by atoms with Gasteiger partial charge in [-0.25, -0.2) is 4.79 Å². The van der Waals surface area contributed by atoms with Gasteiger partial charge in [-0.3, -0.25) is 14.4 Å². The normalized spacial score (nSPS) is 35.3. The van der Waals surface area contributed by atoms with E-state index in [4.69, 9.17) is 17.0 Å². The predicted molar refractivity (Wildman–Crippen MR) is 159 cm³/mol. The Hall–Kier alpha value is -3.39. The van der Waals surface area contributed by atoms with Crippen LogP contribution in [0, 0.1) is 46.8 Å². The molecule has 0 unspecified atom stereocenters. The third-order valence-electron chi connectivity index (χ3n) is 11.0. The van der Waals surface area contributed by atoms with E-state index in [1.54, 1.807) is 13.8 Å². The van der Waals surface area contributed by atoms with E-state index < -0.39 is 54.4 Å². The first kappa shape index (κ1) is 32.5. The number of hydrogen-bond donors (Lipinski definition) is 5. The molecule has 6 N–H and O–H groups in total. The number of hydrogen-bond acceptors (Lipinski definition) is 7. The van der Waals surface area contributed by atoms with Gasteiger partial charge in [-0.2, -0.15) is 0 Å². The molecule has 0 spiro atoms. The van der Waals surface area contributed by atoms with E-state index in [9.17, 15) is 29.4 Å². The first-order chi connectivity index (χ1) is 20.1. The van der Waals surface area contributed by atoms with Gasteiger partial charge in [0, 0.05) is 5.41 Å². The highest BCUT2D eigenvalue weighted by molar-refractivity contribution is 5.96. The topological polar surface area (TPSA) is 180 Å². The molecular formula is C32H46N4O7. The van der Waals surface area contributed by atoms with E-state index in [-0.39, 0.29) is 16.7 Å². The van der Waals surface area contributed by atoms with Gasteiger partial charge in [-0.05, 0) is 86.5 Å². The number of carboxylic acid groups (broad SMARTS) is 1. The van der Waals surface area contributed by atoms with Crippen LogP contribution in [0.1, 0.15) is 85.5 Å². The van der Waals surface area contributed by atoms with Gasteiger partial charge >= 0.3 is 5.97 Å². The summed E-state index contributed by atoms with van der Waals surface area (Å²) >= 11 is 0. The number of nitrogens with one attached hydrogen (secondary N) is 2. The third-order valence-corrected chi connectivity index (χ3v) is 11.0. The molecule has 0 aromatic heterocycles. The van der Waals surface area contributed by atoms with E-state index in [1.165, 1.54) is 5.57 Å². The maximum Gasteiger partial charge on any atom is 0.326 e. The number of allylic oxidation sites excluding steroid dienone is 2.